The van der Waals surface area contributed by atoms with E-state index in [0.717, 1.165) is 10.8 Å². The Labute approximate surface area is 92.8 Å². The maximum Gasteiger partial charge on any atom is 0.207 e. The molecule has 0 aliphatic rings. The Bertz CT molecular complexity index is 256. The number of hydrogen-bond donors (Lipinski definition) is 0. The fourth-order valence-corrected chi connectivity index (χ4v) is 3.12. The second kappa shape index (κ2) is 6.40. The minimum Gasteiger partial charge on any atom is -0.348 e. The quantitative estimate of drug-likeness (QED) is 0.555. The summed E-state index contributed by atoms with van der Waals surface area (Å²) in [5.74, 6) is 0.869. The van der Waals surface area contributed by atoms with Crippen LogP contribution < -0.4 is 0 Å². The third-order valence-corrected chi connectivity index (χ3v) is 3.76. The summed E-state index contributed by atoms with van der Waals surface area (Å²) in [5, 5.41) is 4.97. The number of rotatable bonds is 6. The van der Waals surface area contributed by atoms with E-state index in [9.17, 15) is 0 Å². The molecule has 14 heavy (non-hydrogen) atoms. The van der Waals surface area contributed by atoms with Gasteiger partial charge in [-0.05, 0) is 24.3 Å². The fourth-order valence-electron chi connectivity index (χ4n) is 1.15. The molecule has 4 heteroatoms. The normalized spacial score (nSPS) is 12.4. The fraction of sp³-hybridized carbons (Fsp3) is 0.600. The highest BCUT2D eigenvalue weighted by Crippen LogP contribution is 2.27. The van der Waals surface area contributed by atoms with Crippen LogP contribution in [0, 0.1) is 0 Å². The summed E-state index contributed by atoms with van der Waals surface area (Å²) in [7, 11) is 0.0850. The molecule has 0 fully saturated rings. The van der Waals surface area contributed by atoms with Crippen molar-refractivity contribution in [3.8, 4) is 0 Å². The lowest BCUT2D eigenvalue weighted by Gasteiger charge is -2.12. The average Bonchev–Trinajstić information content (AvgIpc) is 2.52. The molecule has 2 nitrogen and oxygen atoms in total. The maximum atomic E-state index is 5.84. The number of halogens is 1. The minimum absolute atomic E-state index is 0.0850. The van der Waals surface area contributed by atoms with E-state index in [4.69, 9.17) is 21.1 Å². The van der Waals surface area contributed by atoms with E-state index in [2.05, 4.69) is 5.38 Å². The summed E-state index contributed by atoms with van der Waals surface area (Å²) in [6, 6.07) is 1.93. The summed E-state index contributed by atoms with van der Waals surface area (Å²) >= 11 is 5.84. The van der Waals surface area contributed by atoms with Crippen molar-refractivity contribution in [2.45, 2.75) is 25.9 Å². The monoisotopic (exact) mass is 235 g/mol. The molecule has 0 aliphatic carbocycles. The molecule has 1 unspecified atom stereocenters. The molecule has 0 radical (unpaired) electrons. The van der Waals surface area contributed by atoms with Gasteiger partial charge in [0.05, 0.1) is 5.02 Å². The summed E-state index contributed by atoms with van der Waals surface area (Å²) in [6.07, 6.45) is -0.100. The molecular weight excluding hydrogens is 220 g/mol. The van der Waals surface area contributed by atoms with E-state index >= 15 is 0 Å². The van der Waals surface area contributed by atoms with Gasteiger partial charge in [-0.3, -0.25) is 0 Å². The summed E-state index contributed by atoms with van der Waals surface area (Å²) in [6.45, 7) is 5.32. The zero-order chi connectivity index (χ0) is 10.4. The molecule has 0 saturated carbocycles. The summed E-state index contributed by atoms with van der Waals surface area (Å²) < 4.78 is 10.9. The van der Waals surface area contributed by atoms with Gasteiger partial charge in [0.25, 0.3) is 0 Å². The highest BCUT2D eigenvalue weighted by molar-refractivity contribution is 7.28. The standard InChI is InChI=1S/C10H16ClO2S/c1-3-12-10(13-4-2)8-14-6-5-9(11)7-14/h5-7,10H,3-4,8H2,1-2H3/q+1. The van der Waals surface area contributed by atoms with Gasteiger partial charge in [-0.15, -0.1) is 0 Å². The average molecular weight is 236 g/mol. The third-order valence-electron chi connectivity index (χ3n) is 1.70. The van der Waals surface area contributed by atoms with Gasteiger partial charge < -0.3 is 9.47 Å². The van der Waals surface area contributed by atoms with Crippen LogP contribution in [0.4, 0.5) is 0 Å². The Hall–Kier alpha value is -0.0900. The lowest BCUT2D eigenvalue weighted by Crippen LogP contribution is -2.18. The van der Waals surface area contributed by atoms with Gasteiger partial charge >= 0.3 is 0 Å². The zero-order valence-electron chi connectivity index (χ0n) is 8.53. The van der Waals surface area contributed by atoms with Gasteiger partial charge in [-0.25, -0.2) is 0 Å². The molecule has 0 aromatic carbocycles. The lowest BCUT2D eigenvalue weighted by atomic mass is 10.7. The van der Waals surface area contributed by atoms with Crippen LogP contribution in [0.1, 0.15) is 13.8 Å². The first-order chi connectivity index (χ1) is 6.76. The molecule has 1 aromatic rings. The van der Waals surface area contributed by atoms with E-state index in [1.165, 1.54) is 0 Å². The van der Waals surface area contributed by atoms with Crippen LogP contribution in [0.15, 0.2) is 16.8 Å². The Morgan fingerprint density at radius 1 is 1.36 bits per heavy atom. The van der Waals surface area contributed by atoms with Crippen molar-refractivity contribution < 1.29 is 9.47 Å². The molecular formula is C10H16ClO2S+. The molecule has 0 N–H and O–H groups in total. The van der Waals surface area contributed by atoms with Gasteiger partial charge in [0.15, 0.2) is 11.1 Å². The predicted octanol–water partition coefficient (Wildman–Crippen LogP) is 3.49. The van der Waals surface area contributed by atoms with Crippen molar-refractivity contribution in [3.05, 3.63) is 21.8 Å². The molecule has 1 rings (SSSR count). The molecule has 1 atom stereocenters. The van der Waals surface area contributed by atoms with Crippen LogP contribution in [0.3, 0.4) is 0 Å². The Morgan fingerprint density at radius 3 is 2.43 bits per heavy atom. The second-order valence-corrected chi connectivity index (χ2v) is 5.00. The first-order valence-electron chi connectivity index (χ1n) is 4.73. The largest absolute Gasteiger partial charge is 0.348 e. The third kappa shape index (κ3) is 3.96. The minimum atomic E-state index is -0.100. The predicted molar refractivity (Wildman–Crippen MR) is 61.0 cm³/mol. The van der Waals surface area contributed by atoms with E-state index in [1.54, 1.807) is 0 Å². The molecule has 80 valence electrons. The van der Waals surface area contributed by atoms with E-state index < -0.39 is 0 Å². The van der Waals surface area contributed by atoms with E-state index in [-0.39, 0.29) is 16.8 Å². The van der Waals surface area contributed by atoms with Crippen molar-refractivity contribution >= 4 is 22.1 Å². The van der Waals surface area contributed by atoms with Crippen molar-refractivity contribution in [1.82, 2.24) is 0 Å². The maximum absolute atomic E-state index is 5.84. The molecule has 0 bridgehead atoms. The number of thiophene rings is 1. The van der Waals surface area contributed by atoms with Gasteiger partial charge in [-0.2, -0.15) is 0 Å². The number of hydrogen-bond acceptors (Lipinski definition) is 2. The zero-order valence-corrected chi connectivity index (χ0v) is 10.1. The molecule has 0 spiro atoms. The van der Waals surface area contributed by atoms with Crippen molar-refractivity contribution in [2.24, 2.45) is 0 Å². The van der Waals surface area contributed by atoms with E-state index in [1.807, 2.05) is 25.3 Å². The second-order valence-electron chi connectivity index (χ2n) is 2.78. The molecule has 0 aliphatic heterocycles. The highest BCUT2D eigenvalue weighted by atomic mass is 35.5. The Balaban J connectivity index is 2.46. The Morgan fingerprint density at radius 2 is 2.00 bits per heavy atom. The number of ether oxygens (including phenoxy) is 2. The van der Waals surface area contributed by atoms with Gasteiger partial charge in [0.1, 0.15) is 5.38 Å². The summed E-state index contributed by atoms with van der Waals surface area (Å²) in [4.78, 5) is 0. The lowest BCUT2D eigenvalue weighted by molar-refractivity contribution is -0.128. The van der Waals surface area contributed by atoms with Crippen LogP contribution in [-0.2, 0) is 15.2 Å². The SMILES string of the molecule is CCOC(C[s+]1ccc(Cl)c1)OCC. The van der Waals surface area contributed by atoms with E-state index in [0.29, 0.717) is 13.2 Å². The highest BCUT2D eigenvalue weighted by Gasteiger charge is 2.16. The Kier molecular flexibility index (Phi) is 5.48. The smallest absolute Gasteiger partial charge is 0.207 e. The molecule has 1 aromatic heterocycles. The molecule has 0 saturated heterocycles. The van der Waals surface area contributed by atoms with Crippen LogP contribution in [0.2, 0.25) is 5.02 Å². The van der Waals surface area contributed by atoms with Gasteiger partial charge in [0.2, 0.25) is 6.29 Å². The van der Waals surface area contributed by atoms with Crippen LogP contribution in [-0.4, -0.2) is 19.5 Å². The van der Waals surface area contributed by atoms with Crippen molar-refractivity contribution in [1.29, 1.82) is 0 Å². The van der Waals surface area contributed by atoms with Crippen molar-refractivity contribution in [3.63, 3.8) is 0 Å². The first kappa shape index (κ1) is 12.0. The van der Waals surface area contributed by atoms with Gasteiger partial charge in [0, 0.05) is 19.3 Å². The van der Waals surface area contributed by atoms with Crippen LogP contribution in [0.25, 0.3) is 0 Å². The van der Waals surface area contributed by atoms with Gasteiger partial charge in [-0.1, -0.05) is 11.6 Å². The van der Waals surface area contributed by atoms with Crippen LogP contribution >= 0.6 is 22.1 Å². The molecule has 1 heterocycles. The van der Waals surface area contributed by atoms with Crippen molar-refractivity contribution in [2.75, 3.05) is 13.2 Å². The summed E-state index contributed by atoms with van der Waals surface area (Å²) in [5.41, 5.74) is 0. The molecule has 0 amide bonds. The van der Waals surface area contributed by atoms with Crippen LogP contribution in [0.5, 0.6) is 0 Å². The topological polar surface area (TPSA) is 18.5 Å². The first-order valence-corrected chi connectivity index (χ1v) is 6.63.